The molecule has 0 N–H and O–H groups in total. The molecule has 0 spiro atoms. The molecule has 4 nitrogen and oxygen atoms in total. The average molecular weight is 225 g/mol. The first-order valence-electron chi connectivity index (χ1n) is 3.81. The Bertz CT molecular complexity index is 481. The third kappa shape index (κ3) is 1.76. The van der Waals surface area contributed by atoms with Gasteiger partial charge >= 0.3 is 0 Å². The summed E-state index contributed by atoms with van der Waals surface area (Å²) in [6.07, 6.45) is 1.52. The van der Waals surface area contributed by atoms with E-state index in [0.717, 1.165) is 9.90 Å². The second-order valence-corrected chi connectivity index (χ2v) is 3.98. The zero-order chi connectivity index (χ0) is 9.97. The van der Waals surface area contributed by atoms with Gasteiger partial charge < -0.3 is 0 Å². The molecule has 2 rings (SSSR count). The van der Waals surface area contributed by atoms with Crippen molar-refractivity contribution >= 4 is 22.9 Å². The van der Waals surface area contributed by atoms with Crippen LogP contribution in [0.25, 0.3) is 0 Å². The summed E-state index contributed by atoms with van der Waals surface area (Å²) in [5, 5.41) is 15.1. The second-order valence-electron chi connectivity index (χ2n) is 2.57. The first-order chi connectivity index (χ1) is 6.79. The average Bonchev–Trinajstić information content (AvgIpc) is 2.77. The Balaban J connectivity index is 2.20. The van der Waals surface area contributed by atoms with Crippen LogP contribution in [0.15, 0.2) is 17.8 Å². The first kappa shape index (κ1) is 9.19. The van der Waals surface area contributed by atoms with E-state index in [1.54, 1.807) is 16.0 Å². The van der Waals surface area contributed by atoms with Crippen LogP contribution in [0, 0.1) is 11.3 Å². The van der Waals surface area contributed by atoms with Crippen molar-refractivity contribution in [2.45, 2.75) is 6.54 Å². The summed E-state index contributed by atoms with van der Waals surface area (Å²) in [6, 6.07) is 3.71. The van der Waals surface area contributed by atoms with Crippen LogP contribution in [0.1, 0.15) is 10.7 Å². The van der Waals surface area contributed by atoms with Gasteiger partial charge in [0.05, 0.1) is 11.6 Å². The largest absolute Gasteiger partial charge is 0.252 e. The minimum atomic E-state index is 0.178. The Morgan fingerprint density at radius 2 is 2.50 bits per heavy atom. The van der Waals surface area contributed by atoms with E-state index in [1.807, 2.05) is 17.5 Å². The van der Waals surface area contributed by atoms with Crippen LogP contribution in [0.2, 0.25) is 5.02 Å². The Morgan fingerprint density at radius 1 is 1.64 bits per heavy atom. The van der Waals surface area contributed by atoms with Gasteiger partial charge in [0.15, 0.2) is 0 Å². The molecule has 2 heterocycles. The molecule has 0 aliphatic carbocycles. The molecule has 0 unspecified atom stereocenters. The van der Waals surface area contributed by atoms with Crippen LogP contribution in [-0.2, 0) is 6.54 Å². The highest BCUT2D eigenvalue weighted by Crippen LogP contribution is 2.22. The van der Waals surface area contributed by atoms with E-state index in [1.165, 1.54) is 6.33 Å². The van der Waals surface area contributed by atoms with Gasteiger partial charge in [0.1, 0.15) is 12.4 Å². The molecular formula is C8H5ClN4S. The van der Waals surface area contributed by atoms with E-state index in [9.17, 15) is 0 Å². The first-order valence-corrected chi connectivity index (χ1v) is 5.07. The summed E-state index contributed by atoms with van der Waals surface area (Å²) in [5.74, 6) is 0.178. The van der Waals surface area contributed by atoms with Gasteiger partial charge in [-0.3, -0.25) is 0 Å². The van der Waals surface area contributed by atoms with Crippen LogP contribution < -0.4 is 0 Å². The lowest BCUT2D eigenvalue weighted by Crippen LogP contribution is -1.98. The summed E-state index contributed by atoms with van der Waals surface area (Å²) in [4.78, 5) is 4.81. The van der Waals surface area contributed by atoms with Crippen molar-refractivity contribution in [3.8, 4) is 6.07 Å². The number of nitrogens with zero attached hydrogens (tertiary/aromatic N) is 4. The Labute approximate surface area is 89.4 Å². The predicted molar refractivity (Wildman–Crippen MR) is 53.2 cm³/mol. The van der Waals surface area contributed by atoms with E-state index in [2.05, 4.69) is 10.1 Å². The maximum atomic E-state index is 8.52. The van der Waals surface area contributed by atoms with Gasteiger partial charge in [0, 0.05) is 4.88 Å². The van der Waals surface area contributed by atoms with Gasteiger partial charge in [0.2, 0.25) is 0 Å². The summed E-state index contributed by atoms with van der Waals surface area (Å²) < 4.78 is 1.59. The van der Waals surface area contributed by atoms with Crippen molar-refractivity contribution in [1.82, 2.24) is 14.8 Å². The molecule has 2 aromatic rings. The normalized spacial score (nSPS) is 10.0. The molecule has 6 heteroatoms. The third-order valence-corrected chi connectivity index (χ3v) is 3.00. The third-order valence-electron chi connectivity index (χ3n) is 1.63. The monoisotopic (exact) mass is 224 g/mol. The van der Waals surface area contributed by atoms with Gasteiger partial charge in [-0.25, -0.2) is 9.67 Å². The topological polar surface area (TPSA) is 54.5 Å². The van der Waals surface area contributed by atoms with Crippen LogP contribution in [0.5, 0.6) is 0 Å². The highest BCUT2D eigenvalue weighted by atomic mass is 35.5. The maximum Gasteiger partial charge on any atom is 0.252 e. The molecule has 14 heavy (non-hydrogen) atoms. The summed E-state index contributed by atoms with van der Waals surface area (Å²) in [6.45, 7) is 0.561. The SMILES string of the molecule is N#Cc1ncn(Cc2sccc2Cl)n1. The highest BCUT2D eigenvalue weighted by Gasteiger charge is 2.04. The summed E-state index contributed by atoms with van der Waals surface area (Å²) in [7, 11) is 0. The van der Waals surface area contributed by atoms with E-state index >= 15 is 0 Å². The van der Waals surface area contributed by atoms with E-state index in [4.69, 9.17) is 16.9 Å². The fourth-order valence-electron chi connectivity index (χ4n) is 1.01. The fraction of sp³-hybridized carbons (Fsp3) is 0.125. The van der Waals surface area contributed by atoms with Gasteiger partial charge in [-0.1, -0.05) is 11.6 Å². The van der Waals surface area contributed by atoms with Crippen LogP contribution >= 0.6 is 22.9 Å². The van der Waals surface area contributed by atoms with Crippen LogP contribution in [0.3, 0.4) is 0 Å². The molecule has 0 bridgehead atoms. The van der Waals surface area contributed by atoms with Gasteiger partial charge in [-0.15, -0.1) is 16.4 Å². The molecule has 0 fully saturated rings. The van der Waals surface area contributed by atoms with Crippen molar-refractivity contribution in [3.63, 3.8) is 0 Å². The summed E-state index contributed by atoms with van der Waals surface area (Å²) in [5.41, 5.74) is 0. The lowest BCUT2D eigenvalue weighted by atomic mass is 10.5. The fourth-order valence-corrected chi connectivity index (χ4v) is 2.09. The number of hydrogen-bond donors (Lipinski definition) is 0. The number of halogens is 1. The Morgan fingerprint density at radius 3 is 3.07 bits per heavy atom. The van der Waals surface area contributed by atoms with Crippen molar-refractivity contribution in [2.75, 3.05) is 0 Å². The molecule has 0 aliphatic heterocycles. The zero-order valence-corrected chi connectivity index (χ0v) is 8.59. The van der Waals surface area contributed by atoms with Gasteiger partial charge in [-0.2, -0.15) is 5.26 Å². The lowest BCUT2D eigenvalue weighted by Gasteiger charge is -1.96. The molecule has 0 saturated carbocycles. The van der Waals surface area contributed by atoms with Gasteiger partial charge in [-0.05, 0) is 11.4 Å². The van der Waals surface area contributed by atoms with E-state index in [-0.39, 0.29) is 5.82 Å². The molecule has 0 radical (unpaired) electrons. The molecule has 0 atom stereocenters. The van der Waals surface area contributed by atoms with Crippen molar-refractivity contribution < 1.29 is 0 Å². The maximum absolute atomic E-state index is 8.52. The van der Waals surface area contributed by atoms with Crippen LogP contribution in [0.4, 0.5) is 0 Å². The van der Waals surface area contributed by atoms with Gasteiger partial charge in [0.25, 0.3) is 5.82 Å². The molecule has 70 valence electrons. The number of thiophene rings is 1. The number of aromatic nitrogens is 3. The van der Waals surface area contributed by atoms with E-state index < -0.39 is 0 Å². The lowest BCUT2D eigenvalue weighted by molar-refractivity contribution is 0.690. The molecule has 0 amide bonds. The molecule has 0 aliphatic rings. The molecule has 0 saturated heterocycles. The van der Waals surface area contributed by atoms with Crippen molar-refractivity contribution in [3.05, 3.63) is 33.5 Å². The van der Waals surface area contributed by atoms with Crippen molar-refractivity contribution in [1.29, 1.82) is 5.26 Å². The number of nitriles is 1. The zero-order valence-electron chi connectivity index (χ0n) is 7.01. The Kier molecular flexibility index (Phi) is 2.48. The minimum Gasteiger partial charge on any atom is -0.246 e. The highest BCUT2D eigenvalue weighted by molar-refractivity contribution is 7.10. The predicted octanol–water partition coefficient (Wildman–Crippen LogP) is 1.91. The quantitative estimate of drug-likeness (QED) is 0.783. The van der Waals surface area contributed by atoms with Crippen molar-refractivity contribution in [2.24, 2.45) is 0 Å². The summed E-state index contributed by atoms with van der Waals surface area (Å²) >= 11 is 7.47. The molecular weight excluding hydrogens is 220 g/mol. The molecule has 0 aromatic carbocycles. The molecule has 2 aromatic heterocycles. The minimum absolute atomic E-state index is 0.178. The number of rotatable bonds is 2. The second kappa shape index (κ2) is 3.78. The van der Waals surface area contributed by atoms with E-state index in [0.29, 0.717) is 6.54 Å². The standard InChI is InChI=1S/C8H5ClN4S/c9-6-1-2-14-7(6)4-13-5-11-8(3-10)12-13/h1-2,5H,4H2. The Hall–Kier alpha value is -1.38. The smallest absolute Gasteiger partial charge is 0.246 e. The number of hydrogen-bond acceptors (Lipinski definition) is 4. The van der Waals surface area contributed by atoms with Crippen LogP contribution in [-0.4, -0.2) is 14.8 Å².